The van der Waals surface area contributed by atoms with Gasteiger partial charge in [-0.15, -0.1) is 0 Å². The van der Waals surface area contributed by atoms with Crippen molar-refractivity contribution in [2.45, 2.75) is 39.2 Å². The molecule has 0 aromatic carbocycles. The molecule has 1 saturated heterocycles. The van der Waals surface area contributed by atoms with Gasteiger partial charge in [0.1, 0.15) is 0 Å². The molecule has 0 N–H and O–H groups in total. The Bertz CT molecular complexity index is 169. The number of rotatable bonds is 2. The molecule has 0 bridgehead atoms. The van der Waals surface area contributed by atoms with Crippen LogP contribution in [-0.4, -0.2) is 24.0 Å². The van der Waals surface area contributed by atoms with Crippen molar-refractivity contribution in [3.63, 3.8) is 0 Å². The van der Waals surface area contributed by atoms with Gasteiger partial charge in [-0.25, -0.2) is 0 Å². The summed E-state index contributed by atoms with van der Waals surface area (Å²) >= 11 is 0. The van der Waals surface area contributed by atoms with Crippen LogP contribution in [-0.2, 0) is 0 Å². The van der Waals surface area contributed by atoms with E-state index in [4.69, 9.17) is 5.26 Å². The molecule has 1 aliphatic rings. The lowest BCUT2D eigenvalue weighted by atomic mass is 9.95. The first-order valence-electron chi connectivity index (χ1n) is 4.85. The van der Waals surface area contributed by atoms with E-state index in [9.17, 15) is 0 Å². The van der Waals surface area contributed by atoms with Crippen molar-refractivity contribution < 1.29 is 0 Å². The Morgan fingerprint density at radius 3 is 2.92 bits per heavy atom. The SMILES string of the molecule is CC(C)N1CCCC(CC#N)C1. The summed E-state index contributed by atoms with van der Waals surface area (Å²) in [6, 6.07) is 2.92. The summed E-state index contributed by atoms with van der Waals surface area (Å²) in [6.45, 7) is 6.81. The van der Waals surface area contributed by atoms with Crippen LogP contribution in [0.1, 0.15) is 33.1 Å². The van der Waals surface area contributed by atoms with E-state index in [-0.39, 0.29) is 0 Å². The molecule has 0 aromatic rings. The number of hydrogen-bond donors (Lipinski definition) is 0. The molecular formula is C10H18N2. The van der Waals surface area contributed by atoms with Crippen molar-refractivity contribution in [2.75, 3.05) is 13.1 Å². The van der Waals surface area contributed by atoms with Crippen LogP contribution in [0.2, 0.25) is 0 Å². The Kier molecular flexibility index (Phi) is 3.55. The number of hydrogen-bond acceptors (Lipinski definition) is 2. The predicted octanol–water partition coefficient (Wildman–Crippen LogP) is 2.02. The Morgan fingerprint density at radius 2 is 2.33 bits per heavy atom. The summed E-state index contributed by atoms with van der Waals surface area (Å²) in [5, 5.41) is 8.57. The van der Waals surface area contributed by atoms with Gasteiger partial charge in [-0.1, -0.05) is 0 Å². The monoisotopic (exact) mass is 166 g/mol. The van der Waals surface area contributed by atoms with E-state index >= 15 is 0 Å². The molecule has 1 atom stereocenters. The molecule has 0 radical (unpaired) electrons. The molecule has 0 spiro atoms. The van der Waals surface area contributed by atoms with E-state index < -0.39 is 0 Å². The highest BCUT2D eigenvalue weighted by molar-refractivity contribution is 4.82. The summed E-state index contributed by atoms with van der Waals surface area (Å²) in [7, 11) is 0. The van der Waals surface area contributed by atoms with Crippen molar-refractivity contribution in [3.05, 3.63) is 0 Å². The molecule has 1 heterocycles. The van der Waals surface area contributed by atoms with Crippen LogP contribution in [0.5, 0.6) is 0 Å². The number of nitrogens with zero attached hydrogens (tertiary/aromatic N) is 2. The Labute approximate surface area is 75.2 Å². The van der Waals surface area contributed by atoms with Gasteiger partial charge in [0.15, 0.2) is 0 Å². The Hall–Kier alpha value is -0.550. The fourth-order valence-corrected chi connectivity index (χ4v) is 1.86. The summed E-state index contributed by atoms with van der Waals surface area (Å²) in [6.07, 6.45) is 3.25. The highest BCUT2D eigenvalue weighted by Gasteiger charge is 2.20. The van der Waals surface area contributed by atoms with Crippen molar-refractivity contribution in [2.24, 2.45) is 5.92 Å². The lowest BCUT2D eigenvalue weighted by Crippen LogP contribution is -2.39. The highest BCUT2D eigenvalue weighted by Crippen LogP contribution is 2.20. The van der Waals surface area contributed by atoms with Crippen LogP contribution in [0.3, 0.4) is 0 Å². The maximum absolute atomic E-state index is 8.57. The first-order valence-corrected chi connectivity index (χ1v) is 4.85. The van der Waals surface area contributed by atoms with E-state index in [1.54, 1.807) is 0 Å². The minimum atomic E-state index is 0.631. The maximum Gasteiger partial charge on any atom is 0.0625 e. The minimum absolute atomic E-state index is 0.631. The molecule has 0 amide bonds. The zero-order valence-electron chi connectivity index (χ0n) is 8.08. The lowest BCUT2D eigenvalue weighted by molar-refractivity contribution is 0.141. The number of nitriles is 1. The van der Waals surface area contributed by atoms with Crippen LogP contribution in [0.25, 0.3) is 0 Å². The second-order valence-electron chi connectivity index (χ2n) is 3.96. The summed E-state index contributed by atoms with van der Waals surface area (Å²) < 4.78 is 0. The molecule has 2 nitrogen and oxygen atoms in total. The van der Waals surface area contributed by atoms with Crippen molar-refractivity contribution in [1.29, 1.82) is 5.26 Å². The van der Waals surface area contributed by atoms with Gasteiger partial charge in [0.2, 0.25) is 0 Å². The van der Waals surface area contributed by atoms with E-state index in [1.807, 2.05) is 0 Å². The standard InChI is InChI=1S/C10H18N2/c1-9(2)12-7-3-4-10(8-12)5-6-11/h9-10H,3-5,7-8H2,1-2H3. The first kappa shape index (κ1) is 9.54. The third kappa shape index (κ3) is 2.49. The van der Waals surface area contributed by atoms with E-state index in [0.29, 0.717) is 12.0 Å². The minimum Gasteiger partial charge on any atom is -0.301 e. The van der Waals surface area contributed by atoms with Gasteiger partial charge in [0.25, 0.3) is 0 Å². The van der Waals surface area contributed by atoms with Gasteiger partial charge in [0.05, 0.1) is 6.07 Å². The largest absolute Gasteiger partial charge is 0.301 e. The summed E-state index contributed by atoms with van der Waals surface area (Å²) in [4.78, 5) is 2.48. The van der Waals surface area contributed by atoms with Gasteiger partial charge in [0, 0.05) is 19.0 Å². The highest BCUT2D eigenvalue weighted by atomic mass is 15.1. The third-order valence-electron chi connectivity index (χ3n) is 2.66. The fraction of sp³-hybridized carbons (Fsp3) is 0.900. The lowest BCUT2D eigenvalue weighted by Gasteiger charge is -2.34. The molecule has 2 heteroatoms. The van der Waals surface area contributed by atoms with E-state index in [2.05, 4.69) is 24.8 Å². The average molecular weight is 166 g/mol. The van der Waals surface area contributed by atoms with E-state index in [0.717, 1.165) is 13.0 Å². The molecular weight excluding hydrogens is 148 g/mol. The molecule has 12 heavy (non-hydrogen) atoms. The van der Waals surface area contributed by atoms with Gasteiger partial charge in [-0.3, -0.25) is 0 Å². The maximum atomic E-state index is 8.57. The van der Waals surface area contributed by atoms with Crippen LogP contribution < -0.4 is 0 Å². The van der Waals surface area contributed by atoms with Crippen molar-refractivity contribution in [3.8, 4) is 6.07 Å². The smallest absolute Gasteiger partial charge is 0.0625 e. The Balaban J connectivity index is 2.36. The molecule has 0 aromatic heterocycles. The fourth-order valence-electron chi connectivity index (χ4n) is 1.86. The predicted molar refractivity (Wildman–Crippen MR) is 49.7 cm³/mol. The zero-order valence-corrected chi connectivity index (χ0v) is 8.08. The van der Waals surface area contributed by atoms with Gasteiger partial charge in [-0.05, 0) is 39.2 Å². The number of piperidine rings is 1. The Morgan fingerprint density at radius 1 is 1.58 bits per heavy atom. The van der Waals surface area contributed by atoms with Gasteiger partial charge in [-0.2, -0.15) is 5.26 Å². The molecule has 0 aliphatic carbocycles. The number of likely N-dealkylation sites (tertiary alicyclic amines) is 1. The molecule has 1 aliphatic heterocycles. The summed E-state index contributed by atoms with van der Waals surface area (Å²) in [5.74, 6) is 0.631. The van der Waals surface area contributed by atoms with Crippen molar-refractivity contribution >= 4 is 0 Å². The molecule has 0 saturated carbocycles. The normalized spacial score (nSPS) is 25.7. The molecule has 1 unspecified atom stereocenters. The average Bonchev–Trinajstić information content (AvgIpc) is 2.05. The van der Waals surface area contributed by atoms with Crippen LogP contribution in [0.4, 0.5) is 0 Å². The first-order chi connectivity index (χ1) is 5.74. The second-order valence-corrected chi connectivity index (χ2v) is 3.96. The van der Waals surface area contributed by atoms with Gasteiger partial charge >= 0.3 is 0 Å². The van der Waals surface area contributed by atoms with Crippen LogP contribution >= 0.6 is 0 Å². The van der Waals surface area contributed by atoms with Crippen LogP contribution in [0.15, 0.2) is 0 Å². The summed E-state index contributed by atoms with van der Waals surface area (Å²) in [5.41, 5.74) is 0. The second kappa shape index (κ2) is 4.47. The molecule has 68 valence electrons. The molecule has 1 fully saturated rings. The van der Waals surface area contributed by atoms with E-state index in [1.165, 1.54) is 19.4 Å². The quantitative estimate of drug-likeness (QED) is 0.627. The van der Waals surface area contributed by atoms with Crippen LogP contribution in [0, 0.1) is 17.2 Å². The zero-order chi connectivity index (χ0) is 8.97. The topological polar surface area (TPSA) is 27.0 Å². The third-order valence-corrected chi connectivity index (χ3v) is 2.66. The van der Waals surface area contributed by atoms with Crippen molar-refractivity contribution in [1.82, 2.24) is 4.90 Å². The van der Waals surface area contributed by atoms with Gasteiger partial charge < -0.3 is 4.90 Å². The molecule has 1 rings (SSSR count).